The van der Waals surface area contributed by atoms with E-state index in [9.17, 15) is 9.90 Å². The Morgan fingerprint density at radius 3 is 2.95 bits per heavy atom. The van der Waals surface area contributed by atoms with Crippen molar-refractivity contribution in [3.8, 4) is 0 Å². The standard InChI is InChI=1S/C15H17NO2S/c1-2-5-10-11-8-9-6-3-4-7-12(9)16-14(11)19-13(10)15(17)18/h8H,2-7H2,1H3,(H,17,18). The van der Waals surface area contributed by atoms with Gasteiger partial charge in [0.05, 0.1) is 0 Å². The summed E-state index contributed by atoms with van der Waals surface area (Å²) >= 11 is 1.33. The number of aromatic carboxylic acids is 1. The van der Waals surface area contributed by atoms with Crippen LogP contribution in [0, 0.1) is 0 Å². The fraction of sp³-hybridized carbons (Fsp3) is 0.467. The van der Waals surface area contributed by atoms with Gasteiger partial charge in [0.25, 0.3) is 0 Å². The van der Waals surface area contributed by atoms with Crippen LogP contribution in [0.5, 0.6) is 0 Å². The molecular weight excluding hydrogens is 258 g/mol. The second kappa shape index (κ2) is 4.93. The highest BCUT2D eigenvalue weighted by molar-refractivity contribution is 7.20. The number of carboxylic acid groups (broad SMARTS) is 1. The van der Waals surface area contributed by atoms with Gasteiger partial charge in [0, 0.05) is 11.1 Å². The summed E-state index contributed by atoms with van der Waals surface area (Å²) in [5.74, 6) is -0.815. The number of rotatable bonds is 3. The molecule has 0 saturated carbocycles. The highest BCUT2D eigenvalue weighted by Gasteiger charge is 2.20. The Bertz CT molecular complexity index is 645. The van der Waals surface area contributed by atoms with Gasteiger partial charge in [0.15, 0.2) is 0 Å². The van der Waals surface area contributed by atoms with Crippen molar-refractivity contribution in [2.45, 2.75) is 45.4 Å². The van der Waals surface area contributed by atoms with Gasteiger partial charge in [0.2, 0.25) is 0 Å². The number of carboxylic acids is 1. The van der Waals surface area contributed by atoms with Crippen LogP contribution in [0.2, 0.25) is 0 Å². The van der Waals surface area contributed by atoms with E-state index in [0.717, 1.165) is 41.5 Å². The van der Waals surface area contributed by atoms with Gasteiger partial charge in [-0.1, -0.05) is 13.3 Å². The van der Waals surface area contributed by atoms with E-state index in [4.69, 9.17) is 4.98 Å². The van der Waals surface area contributed by atoms with Crippen LogP contribution in [0.3, 0.4) is 0 Å². The lowest BCUT2D eigenvalue weighted by molar-refractivity contribution is 0.0701. The number of pyridine rings is 1. The van der Waals surface area contributed by atoms with Gasteiger partial charge >= 0.3 is 5.97 Å². The highest BCUT2D eigenvalue weighted by atomic mass is 32.1. The fourth-order valence-electron chi connectivity index (χ4n) is 2.86. The Morgan fingerprint density at radius 2 is 2.21 bits per heavy atom. The SMILES string of the molecule is CCCc1c(C(=O)O)sc2nc3c(cc12)CCCC3. The molecule has 1 N–H and O–H groups in total. The lowest BCUT2D eigenvalue weighted by Gasteiger charge is -2.14. The van der Waals surface area contributed by atoms with Crippen molar-refractivity contribution < 1.29 is 9.90 Å². The zero-order chi connectivity index (χ0) is 13.4. The first-order chi connectivity index (χ1) is 9.20. The average molecular weight is 275 g/mol. The van der Waals surface area contributed by atoms with Crippen LogP contribution in [0.1, 0.15) is 52.7 Å². The molecule has 0 aliphatic heterocycles. The summed E-state index contributed by atoms with van der Waals surface area (Å²) in [6, 6.07) is 2.20. The number of nitrogens with zero attached hydrogens (tertiary/aromatic N) is 1. The van der Waals surface area contributed by atoms with Crippen molar-refractivity contribution in [3.05, 3.63) is 27.8 Å². The zero-order valence-electron chi connectivity index (χ0n) is 11.0. The summed E-state index contributed by atoms with van der Waals surface area (Å²) < 4.78 is 0. The maximum absolute atomic E-state index is 11.4. The first-order valence-corrected chi connectivity index (χ1v) is 7.69. The summed E-state index contributed by atoms with van der Waals surface area (Å²) in [7, 11) is 0. The molecule has 100 valence electrons. The Kier molecular flexibility index (Phi) is 3.27. The molecule has 0 amide bonds. The molecule has 0 atom stereocenters. The number of aryl methyl sites for hydroxylation is 3. The molecule has 2 aromatic heterocycles. The van der Waals surface area contributed by atoms with Crippen molar-refractivity contribution in [3.63, 3.8) is 0 Å². The fourth-order valence-corrected chi connectivity index (χ4v) is 3.92. The van der Waals surface area contributed by atoms with E-state index < -0.39 is 5.97 Å². The molecule has 0 saturated heterocycles. The summed E-state index contributed by atoms with van der Waals surface area (Å²) in [5.41, 5.74) is 3.49. The molecule has 1 aliphatic rings. The van der Waals surface area contributed by atoms with E-state index in [1.807, 2.05) is 0 Å². The minimum absolute atomic E-state index is 0.478. The molecule has 4 heteroatoms. The van der Waals surface area contributed by atoms with E-state index in [1.165, 1.54) is 35.4 Å². The van der Waals surface area contributed by atoms with Crippen LogP contribution < -0.4 is 0 Å². The summed E-state index contributed by atoms with van der Waals surface area (Å²) in [6.45, 7) is 2.08. The van der Waals surface area contributed by atoms with Crippen molar-refractivity contribution in [2.75, 3.05) is 0 Å². The Balaban J connectivity index is 2.23. The Morgan fingerprint density at radius 1 is 1.42 bits per heavy atom. The maximum Gasteiger partial charge on any atom is 0.346 e. The molecule has 0 aromatic carbocycles. The molecule has 0 unspecified atom stereocenters. The molecule has 0 spiro atoms. The van der Waals surface area contributed by atoms with Gasteiger partial charge < -0.3 is 5.11 Å². The molecular formula is C15H17NO2S. The normalized spacial score (nSPS) is 14.6. The average Bonchev–Trinajstić information content (AvgIpc) is 2.75. The van der Waals surface area contributed by atoms with Crippen molar-refractivity contribution in [1.82, 2.24) is 4.98 Å². The third kappa shape index (κ3) is 2.14. The lowest BCUT2D eigenvalue weighted by atomic mass is 9.94. The molecule has 1 aliphatic carbocycles. The van der Waals surface area contributed by atoms with E-state index in [-0.39, 0.29) is 0 Å². The highest BCUT2D eigenvalue weighted by Crippen LogP contribution is 2.34. The van der Waals surface area contributed by atoms with Crippen LogP contribution in [0.15, 0.2) is 6.07 Å². The van der Waals surface area contributed by atoms with Gasteiger partial charge in [-0.25, -0.2) is 9.78 Å². The van der Waals surface area contributed by atoms with E-state index in [0.29, 0.717) is 4.88 Å². The minimum atomic E-state index is -0.815. The zero-order valence-corrected chi connectivity index (χ0v) is 11.8. The van der Waals surface area contributed by atoms with Crippen LogP contribution >= 0.6 is 11.3 Å². The summed E-state index contributed by atoms with van der Waals surface area (Å²) in [4.78, 5) is 17.5. The van der Waals surface area contributed by atoms with Gasteiger partial charge in [-0.3, -0.25) is 0 Å². The molecule has 0 fully saturated rings. The van der Waals surface area contributed by atoms with Crippen LogP contribution in [-0.4, -0.2) is 16.1 Å². The van der Waals surface area contributed by atoms with Gasteiger partial charge in [0.1, 0.15) is 9.71 Å². The predicted molar refractivity (Wildman–Crippen MR) is 77.2 cm³/mol. The number of hydrogen-bond acceptors (Lipinski definition) is 3. The molecule has 19 heavy (non-hydrogen) atoms. The largest absolute Gasteiger partial charge is 0.477 e. The number of thiophene rings is 1. The van der Waals surface area contributed by atoms with Crippen molar-refractivity contribution in [2.24, 2.45) is 0 Å². The van der Waals surface area contributed by atoms with Crippen LogP contribution in [0.4, 0.5) is 0 Å². The molecule has 0 radical (unpaired) electrons. The predicted octanol–water partition coefficient (Wildman–Crippen LogP) is 3.83. The molecule has 3 rings (SSSR count). The van der Waals surface area contributed by atoms with Gasteiger partial charge in [-0.15, -0.1) is 11.3 Å². The first-order valence-electron chi connectivity index (χ1n) is 6.88. The Hall–Kier alpha value is -1.42. The van der Waals surface area contributed by atoms with E-state index in [1.54, 1.807) is 0 Å². The smallest absolute Gasteiger partial charge is 0.346 e. The van der Waals surface area contributed by atoms with Crippen LogP contribution in [-0.2, 0) is 19.3 Å². The molecule has 0 bridgehead atoms. The third-order valence-electron chi connectivity index (χ3n) is 3.76. The number of hydrogen-bond donors (Lipinski definition) is 1. The van der Waals surface area contributed by atoms with E-state index >= 15 is 0 Å². The second-order valence-electron chi connectivity index (χ2n) is 5.12. The van der Waals surface area contributed by atoms with E-state index in [2.05, 4.69) is 13.0 Å². The third-order valence-corrected chi connectivity index (χ3v) is 4.89. The quantitative estimate of drug-likeness (QED) is 0.926. The maximum atomic E-state index is 11.4. The second-order valence-corrected chi connectivity index (χ2v) is 6.12. The topological polar surface area (TPSA) is 50.2 Å². The lowest BCUT2D eigenvalue weighted by Crippen LogP contribution is -2.04. The number of fused-ring (bicyclic) bond motifs is 2. The summed E-state index contributed by atoms with van der Waals surface area (Å²) in [6.07, 6.45) is 6.33. The Labute approximate surface area is 116 Å². The minimum Gasteiger partial charge on any atom is -0.477 e. The molecule has 3 nitrogen and oxygen atoms in total. The number of carbonyl (C=O) groups is 1. The van der Waals surface area contributed by atoms with Crippen molar-refractivity contribution >= 4 is 27.5 Å². The number of aromatic nitrogens is 1. The molecule has 2 heterocycles. The van der Waals surface area contributed by atoms with Gasteiger partial charge in [-0.2, -0.15) is 0 Å². The van der Waals surface area contributed by atoms with Crippen molar-refractivity contribution in [1.29, 1.82) is 0 Å². The first kappa shape index (κ1) is 12.6. The summed E-state index contributed by atoms with van der Waals surface area (Å²) in [5, 5.41) is 10.4. The van der Waals surface area contributed by atoms with Gasteiger partial charge in [-0.05, 0) is 49.3 Å². The molecule has 2 aromatic rings. The van der Waals surface area contributed by atoms with Crippen LogP contribution in [0.25, 0.3) is 10.2 Å². The monoisotopic (exact) mass is 275 g/mol.